The highest BCUT2D eigenvalue weighted by Crippen LogP contribution is 2.35. The number of hydrogen-bond donors (Lipinski definition) is 2. The molecule has 36 heavy (non-hydrogen) atoms. The first-order valence-corrected chi connectivity index (χ1v) is 11.1. The van der Waals surface area contributed by atoms with Gasteiger partial charge in [-0.3, -0.25) is 0 Å². The molecule has 3 aromatic heterocycles. The summed E-state index contributed by atoms with van der Waals surface area (Å²) in [5.74, 6) is -0.363. The number of aromatic hydroxyl groups is 1. The number of anilines is 1. The van der Waals surface area contributed by atoms with Gasteiger partial charge in [0.2, 0.25) is 0 Å². The number of nitrogens with two attached hydrogens (primary N) is 1. The van der Waals surface area contributed by atoms with E-state index >= 15 is 0 Å². The van der Waals surface area contributed by atoms with Crippen molar-refractivity contribution in [2.45, 2.75) is 6.54 Å². The van der Waals surface area contributed by atoms with E-state index in [-0.39, 0.29) is 18.1 Å². The smallest absolute Gasteiger partial charge is 0.343 e. The maximum atomic E-state index is 14.1. The van der Waals surface area contributed by atoms with E-state index in [1.54, 1.807) is 12.1 Å². The topological polar surface area (TPSA) is 120 Å². The van der Waals surface area contributed by atoms with Gasteiger partial charge in [-0.1, -0.05) is 48.5 Å². The van der Waals surface area contributed by atoms with E-state index in [0.717, 1.165) is 22.6 Å². The number of rotatable bonds is 4. The van der Waals surface area contributed by atoms with Crippen molar-refractivity contribution in [2.75, 3.05) is 5.73 Å². The van der Waals surface area contributed by atoms with Crippen molar-refractivity contribution in [3.8, 4) is 28.1 Å². The largest absolute Gasteiger partial charge is 0.508 e. The van der Waals surface area contributed by atoms with Gasteiger partial charge in [0.05, 0.1) is 10.8 Å². The SMILES string of the molecule is Nc1ncnc2c1c(-c1cc(O)cc(F)c1)nn2Cc1oc(=O)c2ccccc2c1-c1ccccc1. The molecule has 0 saturated carbocycles. The first-order chi connectivity index (χ1) is 17.5. The maximum absolute atomic E-state index is 14.1. The quantitative estimate of drug-likeness (QED) is 0.375. The zero-order valence-electron chi connectivity index (χ0n) is 18.7. The highest BCUT2D eigenvalue weighted by Gasteiger charge is 2.21. The number of nitrogens with zero attached hydrogens (tertiary/aromatic N) is 4. The fourth-order valence-electron chi connectivity index (χ4n) is 4.47. The van der Waals surface area contributed by atoms with Crippen LogP contribution in [0.15, 0.2) is 88.3 Å². The molecule has 0 atom stereocenters. The Labute approximate surface area is 203 Å². The molecular formula is C27H18FN5O3. The Bertz CT molecular complexity index is 1810. The molecule has 3 aromatic carbocycles. The summed E-state index contributed by atoms with van der Waals surface area (Å²) in [5.41, 5.74) is 8.28. The van der Waals surface area contributed by atoms with Crippen LogP contribution in [0.25, 0.3) is 44.2 Å². The summed E-state index contributed by atoms with van der Waals surface area (Å²) in [6.45, 7) is 0.0402. The zero-order chi connectivity index (χ0) is 24.8. The zero-order valence-corrected chi connectivity index (χ0v) is 18.7. The summed E-state index contributed by atoms with van der Waals surface area (Å²) in [7, 11) is 0. The highest BCUT2D eigenvalue weighted by atomic mass is 19.1. The lowest BCUT2D eigenvalue weighted by Gasteiger charge is -2.12. The summed E-state index contributed by atoms with van der Waals surface area (Å²) >= 11 is 0. The van der Waals surface area contributed by atoms with Crippen molar-refractivity contribution >= 4 is 27.6 Å². The van der Waals surface area contributed by atoms with Crippen LogP contribution in [-0.2, 0) is 6.54 Å². The average molecular weight is 479 g/mol. The van der Waals surface area contributed by atoms with Crippen LogP contribution >= 0.6 is 0 Å². The van der Waals surface area contributed by atoms with E-state index in [4.69, 9.17) is 10.2 Å². The second-order valence-electron chi connectivity index (χ2n) is 8.26. The Balaban J connectivity index is 1.61. The van der Waals surface area contributed by atoms with Gasteiger partial charge >= 0.3 is 5.63 Å². The van der Waals surface area contributed by atoms with Gasteiger partial charge in [0, 0.05) is 22.6 Å². The van der Waals surface area contributed by atoms with E-state index in [9.17, 15) is 14.3 Å². The third-order valence-corrected chi connectivity index (χ3v) is 5.98. The molecule has 176 valence electrons. The molecule has 0 spiro atoms. The van der Waals surface area contributed by atoms with Gasteiger partial charge in [-0.25, -0.2) is 23.8 Å². The lowest BCUT2D eigenvalue weighted by atomic mass is 9.98. The Morgan fingerprint density at radius 3 is 2.47 bits per heavy atom. The number of fused-ring (bicyclic) bond motifs is 2. The maximum Gasteiger partial charge on any atom is 0.343 e. The van der Waals surface area contributed by atoms with Gasteiger partial charge in [0.25, 0.3) is 0 Å². The van der Waals surface area contributed by atoms with Crippen LogP contribution in [0, 0.1) is 5.82 Å². The van der Waals surface area contributed by atoms with Crippen LogP contribution in [0.4, 0.5) is 10.2 Å². The molecule has 0 saturated heterocycles. The second-order valence-corrected chi connectivity index (χ2v) is 8.26. The van der Waals surface area contributed by atoms with Crippen LogP contribution in [-0.4, -0.2) is 24.9 Å². The van der Waals surface area contributed by atoms with Crippen LogP contribution < -0.4 is 11.4 Å². The Morgan fingerprint density at radius 2 is 1.69 bits per heavy atom. The third-order valence-electron chi connectivity index (χ3n) is 5.98. The van der Waals surface area contributed by atoms with Crippen molar-refractivity contribution in [2.24, 2.45) is 0 Å². The number of nitrogen functional groups attached to an aromatic ring is 1. The summed E-state index contributed by atoms with van der Waals surface area (Å²) < 4.78 is 21.4. The molecule has 0 bridgehead atoms. The van der Waals surface area contributed by atoms with Crippen molar-refractivity contribution in [1.29, 1.82) is 0 Å². The fraction of sp³-hybridized carbons (Fsp3) is 0.0370. The van der Waals surface area contributed by atoms with Gasteiger partial charge in [0.15, 0.2) is 5.65 Å². The minimum atomic E-state index is -0.630. The normalized spacial score (nSPS) is 11.4. The molecule has 0 radical (unpaired) electrons. The molecule has 6 aromatic rings. The third kappa shape index (κ3) is 3.54. The minimum Gasteiger partial charge on any atom is -0.508 e. The fourth-order valence-corrected chi connectivity index (χ4v) is 4.47. The predicted molar refractivity (Wildman–Crippen MR) is 134 cm³/mol. The monoisotopic (exact) mass is 479 g/mol. The van der Waals surface area contributed by atoms with Crippen molar-refractivity contribution in [3.63, 3.8) is 0 Å². The van der Waals surface area contributed by atoms with Crippen LogP contribution in [0.1, 0.15) is 5.76 Å². The standard InChI is InChI=1S/C27H18FN5O3/c28-17-10-16(11-18(34)12-17)24-23-25(29)30-14-31-26(23)33(32-24)13-21-22(15-6-2-1-3-7-15)19-8-4-5-9-20(19)27(35)36-21/h1-12,14,34H,13H2,(H2,29,30,31). The van der Waals surface area contributed by atoms with Crippen molar-refractivity contribution in [3.05, 3.63) is 101 Å². The first-order valence-electron chi connectivity index (χ1n) is 11.1. The minimum absolute atomic E-state index is 0.0402. The van der Waals surface area contributed by atoms with E-state index < -0.39 is 11.4 Å². The number of hydrogen-bond acceptors (Lipinski definition) is 7. The molecule has 0 aliphatic rings. The first kappa shape index (κ1) is 21.5. The molecule has 8 nitrogen and oxygen atoms in total. The van der Waals surface area contributed by atoms with E-state index in [1.165, 1.54) is 23.1 Å². The predicted octanol–water partition coefficient (Wildman–Crippen LogP) is 4.74. The molecule has 0 aliphatic carbocycles. The Hall–Kier alpha value is -5.05. The molecule has 3 N–H and O–H groups in total. The second kappa shape index (κ2) is 8.31. The number of halogens is 1. The van der Waals surface area contributed by atoms with Crippen LogP contribution in [0.3, 0.4) is 0 Å². The molecule has 9 heteroatoms. The van der Waals surface area contributed by atoms with Crippen LogP contribution in [0.2, 0.25) is 0 Å². The van der Waals surface area contributed by atoms with Crippen molar-refractivity contribution in [1.82, 2.24) is 19.7 Å². The number of phenols is 1. The van der Waals surface area contributed by atoms with E-state index in [2.05, 4.69) is 15.1 Å². The van der Waals surface area contributed by atoms with Gasteiger partial charge < -0.3 is 15.3 Å². The van der Waals surface area contributed by atoms with E-state index in [0.29, 0.717) is 33.4 Å². The molecule has 0 fully saturated rings. The Kier molecular flexibility index (Phi) is 4.96. The lowest BCUT2D eigenvalue weighted by Crippen LogP contribution is -2.10. The molecular weight excluding hydrogens is 461 g/mol. The lowest BCUT2D eigenvalue weighted by molar-refractivity contribution is 0.449. The molecule has 0 aliphatic heterocycles. The number of aromatic nitrogens is 4. The van der Waals surface area contributed by atoms with Gasteiger partial charge in [-0.15, -0.1) is 0 Å². The molecule has 3 heterocycles. The summed E-state index contributed by atoms with van der Waals surface area (Å²) in [5, 5.41) is 16.2. The van der Waals surface area contributed by atoms with Gasteiger partial charge in [-0.2, -0.15) is 5.10 Å². The molecule has 0 unspecified atom stereocenters. The van der Waals surface area contributed by atoms with Crippen molar-refractivity contribution < 1.29 is 13.9 Å². The Morgan fingerprint density at radius 1 is 0.944 bits per heavy atom. The number of phenolic OH excluding ortho intramolecular Hbond substituents is 1. The summed E-state index contributed by atoms with van der Waals surface area (Å²) in [4.78, 5) is 21.3. The van der Waals surface area contributed by atoms with Crippen LogP contribution in [0.5, 0.6) is 5.75 Å². The number of benzene rings is 3. The molecule has 6 rings (SSSR count). The average Bonchev–Trinajstić information content (AvgIpc) is 3.24. The summed E-state index contributed by atoms with van der Waals surface area (Å²) in [6, 6.07) is 20.5. The van der Waals surface area contributed by atoms with Gasteiger partial charge in [-0.05, 0) is 23.8 Å². The van der Waals surface area contributed by atoms with Gasteiger partial charge in [0.1, 0.15) is 41.7 Å². The highest BCUT2D eigenvalue weighted by molar-refractivity contribution is 5.99. The summed E-state index contributed by atoms with van der Waals surface area (Å²) in [6.07, 6.45) is 1.30. The molecule has 0 amide bonds. The van der Waals surface area contributed by atoms with E-state index in [1.807, 2.05) is 42.5 Å².